The van der Waals surface area contributed by atoms with Gasteiger partial charge < -0.3 is 9.08 Å². The number of benzene rings is 2. The average molecular weight is 580 g/mol. The van der Waals surface area contributed by atoms with Gasteiger partial charge in [-0.1, -0.05) is 57.7 Å². The van der Waals surface area contributed by atoms with E-state index in [1.807, 2.05) is 49.1 Å². The second kappa shape index (κ2) is 11.4. The monoisotopic (exact) mass is 579 g/mol. The van der Waals surface area contributed by atoms with Crippen LogP contribution in [0.2, 0.25) is 0 Å². The molecule has 0 atom stereocenters. The van der Waals surface area contributed by atoms with Crippen LogP contribution in [0.5, 0.6) is 5.75 Å². The topological polar surface area (TPSA) is 80.8 Å². The van der Waals surface area contributed by atoms with Crippen LogP contribution in [0.4, 0.5) is 24.5 Å². The van der Waals surface area contributed by atoms with Gasteiger partial charge in [0.2, 0.25) is 0 Å². The SMILES string of the molecule is CCCCC1(CCCC)CN(c2ccccc2)c2cc(SC)c(OS(=O)(=O)C(F)(F)F)cc2S(=O)(=O)C1. The van der Waals surface area contributed by atoms with E-state index in [0.29, 0.717) is 25.1 Å². The normalized spacial score (nSPS) is 17.2. The molecule has 3 rings (SSSR count). The van der Waals surface area contributed by atoms with Gasteiger partial charge in [-0.05, 0) is 37.3 Å². The number of nitrogens with zero attached hydrogens (tertiary/aromatic N) is 1. The highest BCUT2D eigenvalue weighted by molar-refractivity contribution is 7.98. The Morgan fingerprint density at radius 2 is 1.65 bits per heavy atom. The van der Waals surface area contributed by atoms with Crippen molar-refractivity contribution in [1.29, 1.82) is 0 Å². The lowest BCUT2D eigenvalue weighted by Gasteiger charge is -2.37. The molecule has 2 aromatic rings. The number of fused-ring (bicyclic) bond motifs is 1. The van der Waals surface area contributed by atoms with Crippen LogP contribution in [0.3, 0.4) is 0 Å². The molecule has 12 heteroatoms. The van der Waals surface area contributed by atoms with Gasteiger partial charge in [0.1, 0.15) is 0 Å². The molecule has 0 saturated carbocycles. The Morgan fingerprint density at radius 3 is 2.16 bits per heavy atom. The summed E-state index contributed by atoms with van der Waals surface area (Å²) in [7, 11) is -10.0. The van der Waals surface area contributed by atoms with Crippen LogP contribution < -0.4 is 9.08 Å². The van der Waals surface area contributed by atoms with Gasteiger partial charge in [0.25, 0.3) is 0 Å². The van der Waals surface area contributed by atoms with E-state index in [0.717, 1.165) is 49.2 Å². The lowest BCUT2D eigenvalue weighted by molar-refractivity contribution is -0.0500. The van der Waals surface area contributed by atoms with Crippen molar-refractivity contribution < 1.29 is 34.2 Å². The van der Waals surface area contributed by atoms with Gasteiger partial charge in [0.15, 0.2) is 15.6 Å². The van der Waals surface area contributed by atoms with Gasteiger partial charge in [0, 0.05) is 23.7 Å². The molecule has 1 aliphatic rings. The smallest absolute Gasteiger partial charge is 0.375 e. The predicted molar refractivity (Wildman–Crippen MR) is 141 cm³/mol. The largest absolute Gasteiger partial charge is 0.534 e. The molecule has 1 heterocycles. The van der Waals surface area contributed by atoms with E-state index >= 15 is 0 Å². The van der Waals surface area contributed by atoms with Gasteiger partial charge in [-0.3, -0.25) is 0 Å². The fourth-order valence-corrected chi connectivity index (χ4v) is 7.87. The molecule has 206 valence electrons. The second-order valence-corrected chi connectivity index (χ2v) is 13.7. The highest BCUT2D eigenvalue weighted by Gasteiger charge is 2.49. The summed E-state index contributed by atoms with van der Waals surface area (Å²) in [6, 6.07) is 11.6. The van der Waals surface area contributed by atoms with Crippen molar-refractivity contribution in [3.8, 4) is 5.75 Å². The first-order valence-corrected chi connectivity index (χ1v) is 16.4. The number of sulfone groups is 1. The fourth-order valence-electron chi connectivity index (χ4n) is 4.70. The number of hydrogen-bond donors (Lipinski definition) is 0. The van der Waals surface area contributed by atoms with Crippen molar-refractivity contribution in [2.45, 2.75) is 67.7 Å². The van der Waals surface area contributed by atoms with Crippen LogP contribution in [0, 0.1) is 5.41 Å². The average Bonchev–Trinajstić information content (AvgIpc) is 2.93. The Bertz CT molecular complexity index is 1290. The molecule has 2 aromatic carbocycles. The van der Waals surface area contributed by atoms with Crippen molar-refractivity contribution in [1.82, 2.24) is 0 Å². The van der Waals surface area contributed by atoms with Crippen molar-refractivity contribution in [3.05, 3.63) is 42.5 Å². The number of hydrogen-bond acceptors (Lipinski definition) is 7. The highest BCUT2D eigenvalue weighted by atomic mass is 32.2. The lowest BCUT2D eigenvalue weighted by atomic mass is 9.79. The van der Waals surface area contributed by atoms with E-state index in [4.69, 9.17) is 0 Å². The zero-order valence-electron chi connectivity index (χ0n) is 21.0. The Labute approximate surface area is 221 Å². The number of unbranched alkanes of at least 4 members (excludes halogenated alkanes) is 2. The Balaban J connectivity index is 2.28. The molecule has 0 saturated heterocycles. The van der Waals surface area contributed by atoms with Gasteiger partial charge in [-0.25, -0.2) is 8.42 Å². The van der Waals surface area contributed by atoms with Crippen LogP contribution in [0.25, 0.3) is 0 Å². The quantitative estimate of drug-likeness (QED) is 0.172. The van der Waals surface area contributed by atoms with E-state index in [-0.39, 0.29) is 15.5 Å². The fraction of sp³-hybridized carbons (Fsp3) is 0.520. The molecular formula is C25H32F3NO5S3. The van der Waals surface area contributed by atoms with E-state index in [1.54, 1.807) is 6.26 Å². The van der Waals surface area contributed by atoms with Crippen LogP contribution in [0.1, 0.15) is 52.4 Å². The summed E-state index contributed by atoms with van der Waals surface area (Å²) in [5.41, 5.74) is -5.22. The van der Waals surface area contributed by atoms with Gasteiger partial charge in [0.05, 0.1) is 21.2 Å². The summed E-state index contributed by atoms with van der Waals surface area (Å²) in [5.74, 6) is -0.852. The first-order chi connectivity index (χ1) is 17.3. The number of para-hydroxylation sites is 1. The summed E-state index contributed by atoms with van der Waals surface area (Å²) in [5, 5.41) is 0. The van der Waals surface area contributed by atoms with E-state index in [2.05, 4.69) is 4.18 Å². The predicted octanol–water partition coefficient (Wildman–Crippen LogP) is 6.93. The van der Waals surface area contributed by atoms with Crippen LogP contribution >= 0.6 is 11.8 Å². The Kier molecular flexibility index (Phi) is 9.17. The summed E-state index contributed by atoms with van der Waals surface area (Å²) < 4.78 is 95.0. The molecule has 0 N–H and O–H groups in total. The van der Waals surface area contributed by atoms with Crippen molar-refractivity contribution in [2.24, 2.45) is 5.41 Å². The standard InChI is InChI=1S/C25H32F3NO5S3/c1-4-6-13-24(14-7-5-2)17-29(19-11-9-8-10-12-19)20-15-22(35-3)21(16-23(20)36(30,31)18-24)34-37(32,33)25(26,27)28/h8-12,15-16H,4-7,13-14,17-18H2,1-3H3. The van der Waals surface area contributed by atoms with E-state index in [1.165, 1.54) is 6.07 Å². The lowest BCUT2D eigenvalue weighted by Crippen LogP contribution is -2.38. The molecule has 0 unspecified atom stereocenters. The third-order valence-corrected chi connectivity index (χ3v) is 10.2. The zero-order chi connectivity index (χ0) is 27.5. The minimum absolute atomic E-state index is 0.0809. The summed E-state index contributed by atoms with van der Waals surface area (Å²) in [6.07, 6.45) is 6.31. The molecule has 0 aromatic heterocycles. The molecule has 1 aliphatic heterocycles. The molecule has 6 nitrogen and oxygen atoms in total. The first kappa shape index (κ1) is 29.6. The van der Waals surface area contributed by atoms with E-state index < -0.39 is 36.6 Å². The second-order valence-electron chi connectivity index (χ2n) is 9.34. The molecule has 0 bridgehead atoms. The molecular weight excluding hydrogens is 547 g/mol. The maximum atomic E-state index is 13.9. The summed E-state index contributed by atoms with van der Waals surface area (Å²) in [4.78, 5) is 1.74. The summed E-state index contributed by atoms with van der Waals surface area (Å²) in [6.45, 7) is 4.48. The highest BCUT2D eigenvalue weighted by Crippen LogP contribution is 2.48. The van der Waals surface area contributed by atoms with Gasteiger partial charge in [-0.15, -0.1) is 11.8 Å². The Hall–Kier alpha value is -1.92. The molecule has 0 aliphatic carbocycles. The number of rotatable bonds is 10. The van der Waals surface area contributed by atoms with E-state index in [9.17, 15) is 30.0 Å². The first-order valence-electron chi connectivity index (χ1n) is 12.1. The Morgan fingerprint density at radius 1 is 1.05 bits per heavy atom. The number of alkyl halides is 3. The number of anilines is 2. The van der Waals surface area contributed by atoms with Crippen LogP contribution in [-0.4, -0.2) is 40.9 Å². The number of thioether (sulfide) groups is 1. The molecule has 0 fully saturated rings. The maximum Gasteiger partial charge on any atom is 0.534 e. The molecule has 0 radical (unpaired) electrons. The van der Waals surface area contributed by atoms with Crippen molar-refractivity contribution in [3.63, 3.8) is 0 Å². The third kappa shape index (κ3) is 6.57. The maximum absolute atomic E-state index is 13.9. The molecule has 0 spiro atoms. The van der Waals surface area contributed by atoms with Crippen LogP contribution in [-0.2, 0) is 20.0 Å². The summed E-state index contributed by atoms with van der Waals surface area (Å²) >= 11 is 0.973. The molecule has 0 amide bonds. The number of halogens is 3. The van der Waals surface area contributed by atoms with Gasteiger partial charge in [-0.2, -0.15) is 21.6 Å². The minimum atomic E-state index is -5.99. The van der Waals surface area contributed by atoms with Crippen LogP contribution in [0.15, 0.2) is 52.3 Å². The van der Waals surface area contributed by atoms with Crippen molar-refractivity contribution >= 4 is 43.1 Å². The minimum Gasteiger partial charge on any atom is -0.375 e. The molecule has 37 heavy (non-hydrogen) atoms. The zero-order valence-corrected chi connectivity index (χ0v) is 23.5. The third-order valence-electron chi connectivity index (χ3n) is 6.53. The van der Waals surface area contributed by atoms with Crippen molar-refractivity contribution in [2.75, 3.05) is 23.5 Å². The van der Waals surface area contributed by atoms with Gasteiger partial charge >= 0.3 is 15.6 Å².